The Balaban J connectivity index is 1.38. The van der Waals surface area contributed by atoms with Crippen LogP contribution in [0.1, 0.15) is 33.2 Å². The fourth-order valence-corrected chi connectivity index (χ4v) is 4.23. The monoisotopic (exact) mass is 565 g/mol. The maximum absolute atomic E-state index is 13.4. The molecule has 0 radical (unpaired) electrons. The third kappa shape index (κ3) is 6.66. The van der Waals surface area contributed by atoms with Crippen molar-refractivity contribution in [3.63, 3.8) is 0 Å². The summed E-state index contributed by atoms with van der Waals surface area (Å²) in [6.45, 7) is 0.312. The number of fused-ring (bicyclic) bond motifs is 1. The van der Waals surface area contributed by atoms with Gasteiger partial charge in [0.25, 0.3) is 17.4 Å². The van der Waals surface area contributed by atoms with Gasteiger partial charge in [0.05, 0.1) is 11.6 Å². The van der Waals surface area contributed by atoms with Crippen molar-refractivity contribution in [3.8, 4) is 5.75 Å². The minimum Gasteiger partial charge on any atom is -0.488 e. The molecule has 1 heterocycles. The van der Waals surface area contributed by atoms with Crippen LogP contribution in [0, 0.1) is 0 Å². The van der Waals surface area contributed by atoms with Crippen molar-refractivity contribution in [1.29, 1.82) is 0 Å². The predicted octanol–water partition coefficient (Wildman–Crippen LogP) is 4.78. The molecule has 0 unspecified atom stereocenters. The fourth-order valence-electron chi connectivity index (χ4n) is 4.11. The average Bonchev–Trinajstić information content (AvgIpc) is 3.01. The van der Waals surface area contributed by atoms with Crippen molar-refractivity contribution >= 4 is 40.4 Å². The summed E-state index contributed by atoms with van der Waals surface area (Å²) in [5, 5.41) is 14.8. The molecule has 2 amide bonds. The van der Waals surface area contributed by atoms with Crippen LogP contribution in [0.2, 0.25) is 5.02 Å². The molecule has 10 heteroatoms. The predicted molar refractivity (Wildman–Crippen MR) is 157 cm³/mol. The molecule has 1 aromatic heterocycles. The summed E-state index contributed by atoms with van der Waals surface area (Å²) in [5.41, 5.74) is 4.16. The van der Waals surface area contributed by atoms with E-state index in [1.807, 2.05) is 24.3 Å². The van der Waals surface area contributed by atoms with E-state index >= 15 is 0 Å². The van der Waals surface area contributed by atoms with Crippen molar-refractivity contribution < 1.29 is 14.3 Å². The number of amides is 2. The van der Waals surface area contributed by atoms with Gasteiger partial charge in [0.2, 0.25) is 0 Å². The largest absolute Gasteiger partial charge is 0.488 e. The number of nitrogens with zero attached hydrogens (tertiary/aromatic N) is 2. The van der Waals surface area contributed by atoms with Crippen molar-refractivity contribution in [2.75, 3.05) is 0 Å². The molecule has 0 saturated carbocycles. The minimum atomic E-state index is -1.27. The second kappa shape index (κ2) is 12.7. The summed E-state index contributed by atoms with van der Waals surface area (Å²) < 4.78 is 5.95. The molecule has 1 atom stereocenters. The summed E-state index contributed by atoms with van der Waals surface area (Å²) in [6.07, 6.45) is 1.45. The number of hydrogen-bond acceptors (Lipinski definition) is 6. The summed E-state index contributed by atoms with van der Waals surface area (Å²) >= 11 is 5.96. The first-order chi connectivity index (χ1) is 20.0. The Morgan fingerprint density at radius 2 is 1.59 bits per heavy atom. The quantitative estimate of drug-likeness (QED) is 0.175. The van der Waals surface area contributed by atoms with E-state index < -0.39 is 23.4 Å². The Morgan fingerprint density at radius 3 is 2.37 bits per heavy atom. The minimum absolute atomic E-state index is 0.170. The van der Waals surface area contributed by atoms with Gasteiger partial charge in [-0.3, -0.25) is 14.4 Å². The van der Waals surface area contributed by atoms with Crippen LogP contribution in [0.15, 0.2) is 113 Å². The van der Waals surface area contributed by atoms with Gasteiger partial charge in [-0.2, -0.15) is 10.2 Å². The third-order valence-electron chi connectivity index (χ3n) is 6.18. The number of H-pyrrole nitrogens is 1. The Morgan fingerprint density at radius 1 is 0.902 bits per heavy atom. The molecule has 0 aliphatic heterocycles. The lowest BCUT2D eigenvalue weighted by Gasteiger charge is -2.18. The van der Waals surface area contributed by atoms with Crippen LogP contribution in [-0.4, -0.2) is 28.2 Å². The van der Waals surface area contributed by atoms with Crippen LogP contribution in [0.5, 0.6) is 5.75 Å². The number of aromatic nitrogens is 2. The topological polar surface area (TPSA) is 126 Å². The van der Waals surface area contributed by atoms with Gasteiger partial charge < -0.3 is 10.1 Å². The van der Waals surface area contributed by atoms with Crippen molar-refractivity contribution in [2.24, 2.45) is 5.10 Å². The van der Waals surface area contributed by atoms with E-state index in [9.17, 15) is 14.4 Å². The number of halogens is 1. The van der Waals surface area contributed by atoms with Gasteiger partial charge in [-0.25, -0.2) is 10.5 Å². The first kappa shape index (κ1) is 27.3. The van der Waals surface area contributed by atoms with E-state index in [-0.39, 0.29) is 5.69 Å². The highest BCUT2D eigenvalue weighted by molar-refractivity contribution is 6.30. The van der Waals surface area contributed by atoms with Crippen LogP contribution in [0.25, 0.3) is 10.8 Å². The second-order valence-electron chi connectivity index (χ2n) is 8.94. The van der Waals surface area contributed by atoms with Crippen molar-refractivity contribution in [3.05, 3.63) is 141 Å². The molecule has 0 aliphatic carbocycles. The number of benzene rings is 4. The molecule has 5 aromatic rings. The summed E-state index contributed by atoms with van der Waals surface area (Å²) in [6, 6.07) is 28.5. The molecule has 0 fully saturated rings. The number of rotatable bonds is 9. The molecule has 0 aliphatic rings. The van der Waals surface area contributed by atoms with Gasteiger partial charge in [-0.15, -0.1) is 0 Å². The van der Waals surface area contributed by atoms with Gasteiger partial charge in [0.1, 0.15) is 18.1 Å². The zero-order valence-corrected chi connectivity index (χ0v) is 22.3. The molecule has 41 heavy (non-hydrogen) atoms. The highest BCUT2D eigenvalue weighted by atomic mass is 35.5. The summed E-state index contributed by atoms with van der Waals surface area (Å²) in [5.74, 6) is -0.592. The SMILES string of the molecule is O=C(N[C@H](C(=O)N/N=C\c1ccccc1OCc1ccc(Cl)cc1)c1n[nH]c(=O)c2ccccc12)c1ccccc1. The lowest BCUT2D eigenvalue weighted by Crippen LogP contribution is -2.40. The molecule has 9 nitrogen and oxygen atoms in total. The number of para-hydroxylation sites is 1. The Labute approximate surface area is 239 Å². The normalized spacial score (nSPS) is 11.7. The van der Waals surface area contributed by atoms with E-state index in [1.165, 1.54) is 6.21 Å². The smallest absolute Gasteiger partial charge is 0.272 e. The van der Waals surface area contributed by atoms with Crippen LogP contribution >= 0.6 is 11.6 Å². The van der Waals surface area contributed by atoms with E-state index in [2.05, 4.69) is 26.0 Å². The zero-order chi connectivity index (χ0) is 28.6. The van der Waals surface area contributed by atoms with Gasteiger partial charge in [-0.1, -0.05) is 72.3 Å². The number of carbonyl (C=O) groups excluding carboxylic acids is 2. The number of hydrazone groups is 1. The molecular weight excluding hydrogens is 542 g/mol. The molecule has 5 rings (SSSR count). The average molecular weight is 566 g/mol. The van der Waals surface area contributed by atoms with Crippen LogP contribution in [-0.2, 0) is 11.4 Å². The van der Waals surface area contributed by atoms with Crippen molar-refractivity contribution in [1.82, 2.24) is 20.9 Å². The Kier molecular flexibility index (Phi) is 8.46. The maximum Gasteiger partial charge on any atom is 0.272 e. The highest BCUT2D eigenvalue weighted by Crippen LogP contribution is 2.21. The fraction of sp³-hybridized carbons (Fsp3) is 0.0645. The lowest BCUT2D eigenvalue weighted by molar-refractivity contribution is -0.123. The van der Waals surface area contributed by atoms with E-state index in [4.69, 9.17) is 16.3 Å². The molecular formula is C31H24ClN5O4. The number of hydrogen-bond donors (Lipinski definition) is 3. The Hall–Kier alpha value is -5.28. The second-order valence-corrected chi connectivity index (χ2v) is 9.38. The van der Waals surface area contributed by atoms with Crippen LogP contribution in [0.3, 0.4) is 0 Å². The molecule has 0 saturated heterocycles. The van der Waals surface area contributed by atoms with Crippen molar-refractivity contribution in [2.45, 2.75) is 12.6 Å². The molecule has 4 aromatic carbocycles. The first-order valence-corrected chi connectivity index (χ1v) is 13.0. The van der Waals surface area contributed by atoms with Crippen LogP contribution in [0.4, 0.5) is 0 Å². The molecule has 0 bridgehead atoms. The number of ether oxygens (including phenoxy) is 1. The van der Waals surface area contributed by atoms with E-state index in [0.717, 1.165) is 5.56 Å². The van der Waals surface area contributed by atoms with E-state index in [0.29, 0.717) is 39.3 Å². The summed E-state index contributed by atoms with van der Waals surface area (Å²) in [4.78, 5) is 38.8. The Bertz CT molecular complexity index is 1770. The molecule has 0 spiro atoms. The number of aromatic amines is 1. The van der Waals surface area contributed by atoms with Gasteiger partial charge in [-0.05, 0) is 48.0 Å². The third-order valence-corrected chi connectivity index (χ3v) is 6.43. The van der Waals surface area contributed by atoms with Crippen LogP contribution < -0.4 is 21.0 Å². The number of nitrogens with one attached hydrogen (secondary N) is 3. The number of carbonyl (C=O) groups is 2. The lowest BCUT2D eigenvalue weighted by atomic mass is 10.0. The maximum atomic E-state index is 13.4. The molecule has 3 N–H and O–H groups in total. The standard InChI is InChI=1S/C31H24ClN5O4/c32-23-16-14-20(15-17-23)19-41-26-13-7-4-10-22(26)18-33-36-31(40)28(34-29(38)21-8-2-1-3-9-21)27-24-11-5-6-12-25(24)30(39)37-35-27/h1-18,28H,19H2,(H,34,38)(H,36,40)(H,37,39)/b33-18-/t28-/m0/s1. The van der Waals surface area contributed by atoms with Gasteiger partial charge in [0.15, 0.2) is 6.04 Å². The molecule has 204 valence electrons. The van der Waals surface area contributed by atoms with E-state index in [1.54, 1.807) is 78.9 Å². The zero-order valence-electron chi connectivity index (χ0n) is 21.6. The van der Waals surface area contributed by atoms with Gasteiger partial charge in [0, 0.05) is 21.5 Å². The van der Waals surface area contributed by atoms with Gasteiger partial charge >= 0.3 is 0 Å². The highest BCUT2D eigenvalue weighted by Gasteiger charge is 2.27. The first-order valence-electron chi connectivity index (χ1n) is 12.6. The summed E-state index contributed by atoms with van der Waals surface area (Å²) in [7, 11) is 0.